The van der Waals surface area contributed by atoms with Crippen LogP contribution in [0.5, 0.6) is 0 Å². The molecule has 0 bridgehead atoms. The topological polar surface area (TPSA) is 65.7 Å². The Labute approximate surface area is 265 Å². The van der Waals surface area contributed by atoms with E-state index in [0.29, 0.717) is 18.6 Å². The van der Waals surface area contributed by atoms with Crippen molar-refractivity contribution in [1.82, 2.24) is 0 Å². The Morgan fingerprint density at radius 3 is 1.76 bits per heavy atom. The number of ether oxygens (including phenoxy) is 3. The van der Waals surface area contributed by atoms with Crippen molar-refractivity contribution in [2.24, 2.45) is 0 Å². The maximum atomic E-state index is 11.9. The lowest BCUT2D eigenvalue weighted by atomic mass is 10.0. The molecule has 0 unspecified atom stereocenters. The summed E-state index contributed by atoms with van der Waals surface area (Å²) in [5, 5.41) is 2.07. The molecular weight excluding hydrogens is 602 g/mol. The van der Waals surface area contributed by atoms with Gasteiger partial charge in [0.2, 0.25) is 5.51 Å². The van der Waals surface area contributed by atoms with Crippen LogP contribution in [0.4, 0.5) is 4.79 Å². The highest BCUT2D eigenvalue weighted by atomic mass is 79.9. The van der Waals surface area contributed by atoms with Crippen LogP contribution in [-0.4, -0.2) is 31.9 Å². The highest BCUT2D eigenvalue weighted by Crippen LogP contribution is 2.14. The fourth-order valence-electron chi connectivity index (χ4n) is 4.61. The Kier molecular flexibility index (Phi) is 29.0. The molecule has 238 valence electrons. The van der Waals surface area contributed by atoms with Crippen molar-refractivity contribution in [1.29, 1.82) is 0 Å². The number of carbonyl (C=O) groups excluding carboxylic acids is 2. The van der Waals surface area contributed by atoms with Crippen molar-refractivity contribution in [2.75, 3.05) is 19.8 Å². The molecule has 0 radical (unpaired) electrons. The summed E-state index contributed by atoms with van der Waals surface area (Å²) in [6.45, 7) is 7.57. The minimum atomic E-state index is -0.686. The molecule has 1 aromatic rings. The molecule has 0 aliphatic heterocycles. The van der Waals surface area contributed by atoms with Crippen LogP contribution in [-0.2, 0) is 25.5 Å². The van der Waals surface area contributed by atoms with Crippen molar-refractivity contribution >= 4 is 23.5 Å². The number of unbranched alkanes of at least 4 members (excludes halogenated alkanes) is 18. The van der Waals surface area contributed by atoms with E-state index in [2.05, 4.69) is 35.2 Å². The molecule has 1 aromatic heterocycles. The first-order valence-electron chi connectivity index (χ1n) is 16.1. The van der Waals surface area contributed by atoms with Crippen LogP contribution in [0.15, 0.2) is 29.2 Å². The van der Waals surface area contributed by atoms with E-state index < -0.39 is 6.16 Å². The summed E-state index contributed by atoms with van der Waals surface area (Å²) in [6.07, 6.45) is 26.8. The third kappa shape index (κ3) is 27.2. The third-order valence-electron chi connectivity index (χ3n) is 7.12. The summed E-state index contributed by atoms with van der Waals surface area (Å²) >= 11 is 1.70. The molecule has 8 heteroatoms. The minimum absolute atomic E-state index is 0. The number of carbonyl (C=O) groups is 2. The van der Waals surface area contributed by atoms with Crippen molar-refractivity contribution in [3.63, 3.8) is 0 Å². The van der Waals surface area contributed by atoms with Crippen LogP contribution in [0, 0.1) is 0 Å². The average molecular weight is 661 g/mol. The minimum Gasteiger partial charge on any atom is -1.00 e. The third-order valence-corrected chi connectivity index (χ3v) is 7.79. The lowest BCUT2D eigenvalue weighted by Gasteiger charge is -2.09. The van der Waals surface area contributed by atoms with Gasteiger partial charge in [0.1, 0.15) is 19.8 Å². The first-order chi connectivity index (χ1) is 19.6. The molecule has 0 aliphatic rings. The second-order valence-electron chi connectivity index (χ2n) is 11.0. The normalized spacial score (nSPS) is 10.7. The van der Waals surface area contributed by atoms with Crippen LogP contribution in [0.3, 0.4) is 0 Å². The monoisotopic (exact) mass is 659 g/mol. The van der Waals surface area contributed by atoms with Gasteiger partial charge in [-0.25, -0.2) is 4.79 Å². The summed E-state index contributed by atoms with van der Waals surface area (Å²) in [4.78, 5) is 23.6. The van der Waals surface area contributed by atoms with E-state index in [-0.39, 0.29) is 36.2 Å². The van der Waals surface area contributed by atoms with Crippen LogP contribution < -0.4 is 21.5 Å². The maximum absolute atomic E-state index is 11.9. The summed E-state index contributed by atoms with van der Waals surface area (Å²) in [6, 6.07) is 0. The van der Waals surface area contributed by atoms with Gasteiger partial charge >= 0.3 is 12.1 Å². The average Bonchev–Trinajstić information content (AvgIpc) is 3.48. The zero-order valence-corrected chi connectivity index (χ0v) is 28.3. The van der Waals surface area contributed by atoms with Gasteiger partial charge in [-0.3, -0.25) is 4.79 Å². The molecule has 0 saturated heterocycles. The van der Waals surface area contributed by atoms with Crippen LogP contribution >= 0.6 is 11.3 Å². The molecular formula is C33H58BrNO5S. The number of esters is 1. The number of aromatic nitrogens is 1. The molecule has 0 amide bonds. The Morgan fingerprint density at radius 2 is 1.20 bits per heavy atom. The lowest BCUT2D eigenvalue weighted by molar-refractivity contribution is -0.692. The number of rotatable bonds is 28. The molecule has 0 saturated carbocycles. The highest BCUT2D eigenvalue weighted by Gasteiger charge is 2.08. The van der Waals surface area contributed by atoms with Crippen LogP contribution in [0.2, 0.25) is 0 Å². The van der Waals surface area contributed by atoms with E-state index in [4.69, 9.17) is 14.2 Å². The van der Waals surface area contributed by atoms with Crippen molar-refractivity contribution < 1.29 is 45.3 Å². The number of aryl methyl sites for hydroxylation is 1. The Balaban J connectivity index is 0.0000160. The van der Waals surface area contributed by atoms with E-state index >= 15 is 0 Å². The highest BCUT2D eigenvalue weighted by molar-refractivity contribution is 7.07. The summed E-state index contributed by atoms with van der Waals surface area (Å²) in [7, 11) is 0. The maximum Gasteiger partial charge on any atom is 0.508 e. The molecule has 1 rings (SSSR count). The second kappa shape index (κ2) is 30.1. The Morgan fingerprint density at radius 1 is 0.683 bits per heavy atom. The van der Waals surface area contributed by atoms with Gasteiger partial charge < -0.3 is 31.2 Å². The molecule has 0 aliphatic carbocycles. The van der Waals surface area contributed by atoms with Gasteiger partial charge in [-0.1, -0.05) is 128 Å². The molecule has 0 N–H and O–H groups in total. The first kappa shape index (κ1) is 39.6. The van der Waals surface area contributed by atoms with Crippen molar-refractivity contribution in [3.8, 4) is 0 Å². The first-order valence-corrected chi connectivity index (χ1v) is 17.1. The number of halogens is 1. The van der Waals surface area contributed by atoms with Gasteiger partial charge in [0.25, 0.3) is 0 Å². The van der Waals surface area contributed by atoms with E-state index in [1.807, 2.05) is 0 Å². The number of hydrogen-bond donors (Lipinski definition) is 0. The quantitative estimate of drug-likeness (QED) is 0.0444. The van der Waals surface area contributed by atoms with Gasteiger partial charge in [0, 0.05) is 12.8 Å². The van der Waals surface area contributed by atoms with Crippen LogP contribution in [0.1, 0.15) is 142 Å². The molecule has 41 heavy (non-hydrogen) atoms. The number of thiazole rings is 1. The SMILES string of the molecule is C=C(COC(=O)CCCCCC[n+]1ccsc1)COC(=O)OCCCCCCCCCCCCCCCCCC.[Br-]. The summed E-state index contributed by atoms with van der Waals surface area (Å²) in [5.74, 6) is -0.237. The van der Waals surface area contributed by atoms with E-state index in [1.54, 1.807) is 11.3 Å². The van der Waals surface area contributed by atoms with Crippen molar-refractivity contribution in [2.45, 2.75) is 148 Å². The molecule has 0 aromatic carbocycles. The van der Waals surface area contributed by atoms with Gasteiger partial charge in [-0.05, 0) is 24.8 Å². The standard InChI is InChI=1S/C33H58NO5S.BrH/c1-3-4-5-6-7-8-9-10-11-12-13-14-15-16-19-22-26-37-33(36)39-29-31(2)28-38-32(35)23-20-17-18-21-24-34-25-27-40-30-34;/h25,27,30H,2-24,26,28-29H2,1H3;1H/q+1;/p-1. The fourth-order valence-corrected chi connectivity index (χ4v) is 5.24. The zero-order valence-electron chi connectivity index (χ0n) is 25.9. The second-order valence-corrected chi connectivity index (χ2v) is 11.8. The Hall–Kier alpha value is -1.41. The van der Waals surface area contributed by atoms with Crippen molar-refractivity contribution in [3.05, 3.63) is 29.2 Å². The van der Waals surface area contributed by atoms with Gasteiger partial charge in [-0.2, -0.15) is 4.57 Å². The molecule has 0 spiro atoms. The van der Waals surface area contributed by atoms with Gasteiger partial charge in [0.15, 0.2) is 6.20 Å². The largest absolute Gasteiger partial charge is 1.00 e. The number of nitrogens with zero attached hydrogens (tertiary/aromatic N) is 1. The zero-order chi connectivity index (χ0) is 28.9. The number of hydrogen-bond acceptors (Lipinski definition) is 6. The molecule has 0 atom stereocenters. The molecule has 0 fully saturated rings. The van der Waals surface area contributed by atoms with Gasteiger partial charge in [0.05, 0.1) is 12.0 Å². The van der Waals surface area contributed by atoms with E-state index in [0.717, 1.165) is 45.1 Å². The lowest BCUT2D eigenvalue weighted by Crippen LogP contribution is -3.00. The molecule has 1 heterocycles. The Bertz CT molecular complexity index is 744. The predicted molar refractivity (Wildman–Crippen MR) is 165 cm³/mol. The van der Waals surface area contributed by atoms with E-state index in [9.17, 15) is 9.59 Å². The smallest absolute Gasteiger partial charge is 0.508 e. The van der Waals surface area contributed by atoms with E-state index in [1.165, 1.54) is 89.9 Å². The predicted octanol–water partition coefficient (Wildman–Crippen LogP) is 6.50. The van der Waals surface area contributed by atoms with Crippen LogP contribution in [0.25, 0.3) is 0 Å². The van der Waals surface area contributed by atoms with Gasteiger partial charge in [-0.15, -0.1) is 0 Å². The fraction of sp³-hybridized carbons (Fsp3) is 0.788. The summed E-state index contributed by atoms with van der Waals surface area (Å²) < 4.78 is 17.6. The summed E-state index contributed by atoms with van der Waals surface area (Å²) in [5.41, 5.74) is 2.65. The molecule has 6 nitrogen and oxygen atoms in total.